The number of rotatable bonds is 3. The van der Waals surface area contributed by atoms with Crippen molar-refractivity contribution < 1.29 is 18.0 Å². The largest absolute Gasteiger partial charge is 0.393 e. The molecule has 1 N–H and O–H groups in total. The van der Waals surface area contributed by atoms with E-state index >= 15 is 0 Å². The fraction of sp³-hybridized carbons (Fsp3) is 0.467. The molecule has 1 aliphatic heterocycles. The molecule has 1 amide bonds. The molecule has 1 aromatic rings. The minimum absolute atomic E-state index is 0.0918. The molecule has 23 heavy (non-hydrogen) atoms. The van der Waals surface area contributed by atoms with Crippen molar-refractivity contribution in [2.75, 3.05) is 25.0 Å². The van der Waals surface area contributed by atoms with Crippen molar-refractivity contribution in [3.63, 3.8) is 0 Å². The van der Waals surface area contributed by atoms with Gasteiger partial charge >= 0.3 is 6.18 Å². The van der Waals surface area contributed by atoms with Crippen LogP contribution in [0, 0.1) is 17.2 Å². The van der Waals surface area contributed by atoms with Gasteiger partial charge in [0.25, 0.3) is 0 Å². The van der Waals surface area contributed by atoms with Crippen LogP contribution >= 0.6 is 11.6 Å². The predicted octanol–water partition coefficient (Wildman–Crippen LogP) is 3.42. The number of benzene rings is 1. The normalized spacial score (nSPS) is 19.2. The van der Waals surface area contributed by atoms with E-state index in [0.717, 1.165) is 0 Å². The molecule has 124 valence electrons. The first-order valence-electron chi connectivity index (χ1n) is 7.08. The molecule has 0 aromatic heterocycles. The first-order chi connectivity index (χ1) is 10.8. The summed E-state index contributed by atoms with van der Waals surface area (Å²) in [4.78, 5) is 13.5. The zero-order valence-electron chi connectivity index (χ0n) is 12.2. The van der Waals surface area contributed by atoms with Crippen LogP contribution in [0.5, 0.6) is 0 Å². The summed E-state index contributed by atoms with van der Waals surface area (Å²) in [6, 6.07) is 6.35. The average molecular weight is 346 g/mol. The van der Waals surface area contributed by atoms with Crippen LogP contribution in [0.4, 0.5) is 18.9 Å². The maximum absolute atomic E-state index is 12.8. The molecule has 1 unspecified atom stereocenters. The Morgan fingerprint density at radius 1 is 1.48 bits per heavy atom. The van der Waals surface area contributed by atoms with Gasteiger partial charge in [-0.3, -0.25) is 9.69 Å². The molecule has 0 radical (unpaired) electrons. The highest BCUT2D eigenvalue weighted by Crippen LogP contribution is 2.33. The number of alkyl halides is 3. The third-order valence-corrected chi connectivity index (χ3v) is 3.95. The number of nitrogens with one attached hydrogen (secondary N) is 1. The van der Waals surface area contributed by atoms with Gasteiger partial charge in [-0.05, 0) is 37.6 Å². The third-order valence-electron chi connectivity index (χ3n) is 3.71. The van der Waals surface area contributed by atoms with E-state index in [1.807, 2.05) is 6.07 Å². The quantitative estimate of drug-likeness (QED) is 0.913. The van der Waals surface area contributed by atoms with E-state index < -0.39 is 18.0 Å². The lowest BCUT2D eigenvalue weighted by atomic mass is 9.97. The minimum atomic E-state index is -4.24. The van der Waals surface area contributed by atoms with Gasteiger partial charge in [-0.2, -0.15) is 18.4 Å². The SMILES string of the molecule is N#Cc1ccc(Cl)cc1NC(=O)CN1CCCC(C(F)(F)F)C1. The van der Waals surface area contributed by atoms with Crippen LogP contribution in [0.3, 0.4) is 0 Å². The van der Waals surface area contributed by atoms with Gasteiger partial charge in [0.05, 0.1) is 23.7 Å². The van der Waals surface area contributed by atoms with Crippen LogP contribution in [0.25, 0.3) is 0 Å². The summed E-state index contributed by atoms with van der Waals surface area (Å²) in [5, 5.41) is 11.9. The number of hydrogen-bond donors (Lipinski definition) is 1. The lowest BCUT2D eigenvalue weighted by Crippen LogP contribution is -2.44. The molecule has 0 spiro atoms. The van der Waals surface area contributed by atoms with Crippen molar-refractivity contribution in [1.29, 1.82) is 5.26 Å². The molecule has 1 saturated heterocycles. The number of hydrogen-bond acceptors (Lipinski definition) is 3. The van der Waals surface area contributed by atoms with Crippen molar-refractivity contribution in [3.05, 3.63) is 28.8 Å². The van der Waals surface area contributed by atoms with Crippen LogP contribution in [0.2, 0.25) is 5.02 Å². The fourth-order valence-corrected chi connectivity index (χ4v) is 2.75. The number of nitrogens with zero attached hydrogens (tertiary/aromatic N) is 2. The second-order valence-electron chi connectivity index (χ2n) is 5.47. The standard InChI is InChI=1S/C15H15ClF3N3O/c16-12-4-3-10(7-20)13(6-12)21-14(23)9-22-5-1-2-11(8-22)15(17,18)19/h3-4,6,11H,1-2,5,8-9H2,(H,21,23). The molecule has 1 heterocycles. The smallest absolute Gasteiger partial charge is 0.324 e. The second kappa shape index (κ2) is 7.20. The molecule has 1 aromatic carbocycles. The highest BCUT2D eigenvalue weighted by molar-refractivity contribution is 6.31. The molecule has 0 aliphatic carbocycles. The zero-order valence-corrected chi connectivity index (χ0v) is 12.9. The Morgan fingerprint density at radius 2 is 2.22 bits per heavy atom. The van der Waals surface area contributed by atoms with Gasteiger partial charge < -0.3 is 5.32 Å². The van der Waals surface area contributed by atoms with E-state index in [2.05, 4.69) is 5.32 Å². The van der Waals surface area contributed by atoms with E-state index in [1.54, 1.807) is 0 Å². The Morgan fingerprint density at radius 3 is 2.87 bits per heavy atom. The predicted molar refractivity (Wildman–Crippen MR) is 80.0 cm³/mol. The van der Waals surface area contributed by atoms with Crippen LogP contribution < -0.4 is 5.32 Å². The summed E-state index contributed by atoms with van der Waals surface area (Å²) in [6.07, 6.45) is -3.75. The Balaban J connectivity index is 1.98. The van der Waals surface area contributed by atoms with Crippen LogP contribution in [0.15, 0.2) is 18.2 Å². The van der Waals surface area contributed by atoms with Gasteiger partial charge in [0.1, 0.15) is 6.07 Å². The summed E-state index contributed by atoms with van der Waals surface area (Å²) in [5.41, 5.74) is 0.504. The molecule has 0 bridgehead atoms. The van der Waals surface area contributed by atoms with Gasteiger partial charge in [0.15, 0.2) is 0 Å². The van der Waals surface area contributed by atoms with E-state index in [1.165, 1.54) is 23.1 Å². The van der Waals surface area contributed by atoms with E-state index in [9.17, 15) is 18.0 Å². The molecule has 8 heteroatoms. The summed E-state index contributed by atoms with van der Waals surface area (Å²) in [6.45, 7) is 0.113. The molecule has 0 saturated carbocycles. The van der Waals surface area contributed by atoms with Crippen molar-refractivity contribution in [1.82, 2.24) is 4.90 Å². The van der Waals surface area contributed by atoms with Crippen LogP contribution in [0.1, 0.15) is 18.4 Å². The fourth-order valence-electron chi connectivity index (χ4n) is 2.58. The highest BCUT2D eigenvalue weighted by atomic mass is 35.5. The van der Waals surface area contributed by atoms with Crippen LogP contribution in [-0.2, 0) is 4.79 Å². The maximum Gasteiger partial charge on any atom is 0.393 e. The Bertz CT molecular complexity index is 627. The Kier molecular flexibility index (Phi) is 5.50. The van der Waals surface area contributed by atoms with Gasteiger partial charge in [-0.25, -0.2) is 0 Å². The first-order valence-corrected chi connectivity index (χ1v) is 7.46. The van der Waals surface area contributed by atoms with Crippen molar-refractivity contribution in [2.24, 2.45) is 5.92 Å². The maximum atomic E-state index is 12.8. The van der Waals surface area contributed by atoms with Crippen LogP contribution in [-0.4, -0.2) is 36.6 Å². The Labute approximate surface area is 136 Å². The summed E-state index contributed by atoms with van der Waals surface area (Å²) in [5.74, 6) is -1.86. The molecule has 2 rings (SSSR count). The second-order valence-corrected chi connectivity index (χ2v) is 5.90. The van der Waals surface area contributed by atoms with Gasteiger partial charge in [0.2, 0.25) is 5.91 Å². The summed E-state index contributed by atoms with van der Waals surface area (Å²) in [7, 11) is 0. The number of carbonyl (C=O) groups excluding carboxylic acids is 1. The molecule has 1 aliphatic rings. The molecular weight excluding hydrogens is 331 g/mol. The minimum Gasteiger partial charge on any atom is -0.324 e. The summed E-state index contributed by atoms with van der Waals surface area (Å²) >= 11 is 5.82. The number of carbonyl (C=O) groups is 1. The lowest BCUT2D eigenvalue weighted by Gasteiger charge is -2.33. The van der Waals surface area contributed by atoms with E-state index in [4.69, 9.17) is 16.9 Å². The number of halogens is 4. The van der Waals surface area contributed by atoms with Gasteiger partial charge in [-0.1, -0.05) is 11.6 Å². The molecule has 1 atom stereocenters. The van der Waals surface area contributed by atoms with Crippen molar-refractivity contribution in [2.45, 2.75) is 19.0 Å². The molecule has 1 fully saturated rings. The average Bonchev–Trinajstić information content (AvgIpc) is 2.46. The van der Waals surface area contributed by atoms with Gasteiger partial charge in [0, 0.05) is 11.6 Å². The zero-order chi connectivity index (χ0) is 17.0. The molecule has 4 nitrogen and oxygen atoms in total. The number of nitriles is 1. The number of piperidine rings is 1. The van der Waals surface area contributed by atoms with E-state index in [-0.39, 0.29) is 30.8 Å². The molecular formula is C15H15ClF3N3O. The van der Waals surface area contributed by atoms with Crippen molar-refractivity contribution in [3.8, 4) is 6.07 Å². The topological polar surface area (TPSA) is 56.1 Å². The first kappa shape index (κ1) is 17.6. The number of amides is 1. The van der Waals surface area contributed by atoms with E-state index in [0.29, 0.717) is 18.0 Å². The number of likely N-dealkylation sites (tertiary alicyclic amines) is 1. The Hall–Kier alpha value is -1.78. The lowest BCUT2D eigenvalue weighted by molar-refractivity contribution is -0.186. The van der Waals surface area contributed by atoms with Crippen molar-refractivity contribution >= 4 is 23.2 Å². The number of anilines is 1. The van der Waals surface area contributed by atoms with Gasteiger partial charge in [-0.15, -0.1) is 0 Å². The summed E-state index contributed by atoms with van der Waals surface area (Å²) < 4.78 is 38.3. The monoisotopic (exact) mass is 345 g/mol. The third kappa shape index (κ3) is 4.85. The highest BCUT2D eigenvalue weighted by Gasteiger charge is 2.41.